The molecule has 4 rings (SSSR count). The van der Waals surface area contributed by atoms with Crippen LogP contribution in [0.25, 0.3) is 0 Å². The molecule has 224 valence electrons. The van der Waals surface area contributed by atoms with E-state index in [1.165, 1.54) is 0 Å². The zero-order chi connectivity index (χ0) is 29.4. The average molecular weight is 569 g/mol. The Morgan fingerprint density at radius 2 is 1.73 bits per heavy atom. The van der Waals surface area contributed by atoms with Crippen LogP contribution in [-0.2, 0) is 16.0 Å². The van der Waals surface area contributed by atoms with Crippen molar-refractivity contribution in [3.63, 3.8) is 0 Å². The van der Waals surface area contributed by atoms with Gasteiger partial charge in [0.15, 0.2) is 11.5 Å². The van der Waals surface area contributed by atoms with Crippen LogP contribution in [-0.4, -0.2) is 80.0 Å². The zero-order valence-electron chi connectivity index (χ0n) is 24.8. The van der Waals surface area contributed by atoms with E-state index < -0.39 is 11.9 Å². The van der Waals surface area contributed by atoms with Crippen molar-refractivity contribution in [1.82, 2.24) is 9.80 Å². The zero-order valence-corrected chi connectivity index (χ0v) is 24.8. The van der Waals surface area contributed by atoms with Crippen LogP contribution < -0.4 is 18.9 Å². The number of hydrogen-bond donors (Lipinski definition) is 1. The molecule has 2 aromatic carbocycles. The lowest BCUT2D eigenvalue weighted by atomic mass is 9.83. The van der Waals surface area contributed by atoms with Crippen molar-refractivity contribution < 1.29 is 33.6 Å². The molecule has 3 atom stereocenters. The van der Waals surface area contributed by atoms with Gasteiger partial charge in [-0.25, -0.2) is 0 Å². The van der Waals surface area contributed by atoms with Gasteiger partial charge >= 0.3 is 5.97 Å². The molecule has 0 saturated carbocycles. The number of nitrogens with zero attached hydrogens (tertiary/aromatic N) is 2. The number of aliphatic carboxylic acids is 1. The Labute approximate surface area is 243 Å². The molecule has 1 amide bonds. The Bertz CT molecular complexity index is 1180. The van der Waals surface area contributed by atoms with Crippen LogP contribution in [0.5, 0.6) is 23.0 Å². The SMILES string of the molecule is CCCCN(CCCC)C(=O)CN1C[C@H](c2cc(OC)c3c(c2)OCO3)[C@H](C(=O)O)[C@H]1CCc1ccccc1OC. The van der Waals surface area contributed by atoms with E-state index in [1.54, 1.807) is 14.2 Å². The average Bonchev–Trinajstić information content (AvgIpc) is 3.60. The number of aryl methyl sites for hydroxylation is 1. The van der Waals surface area contributed by atoms with Crippen LogP contribution in [0.2, 0.25) is 0 Å². The fraction of sp³-hybridized carbons (Fsp3) is 0.562. The van der Waals surface area contributed by atoms with Crippen molar-refractivity contribution in [3.8, 4) is 23.0 Å². The van der Waals surface area contributed by atoms with Crippen LogP contribution in [0.1, 0.15) is 63.0 Å². The molecule has 0 bridgehead atoms. The van der Waals surface area contributed by atoms with E-state index in [9.17, 15) is 14.7 Å². The highest BCUT2D eigenvalue weighted by Gasteiger charge is 2.47. The minimum atomic E-state index is -0.875. The highest BCUT2D eigenvalue weighted by Crippen LogP contribution is 2.47. The fourth-order valence-corrected chi connectivity index (χ4v) is 6.10. The third-order valence-corrected chi connectivity index (χ3v) is 8.30. The summed E-state index contributed by atoms with van der Waals surface area (Å²) in [7, 11) is 3.20. The van der Waals surface area contributed by atoms with Gasteiger partial charge in [-0.3, -0.25) is 14.5 Å². The number of amides is 1. The maximum Gasteiger partial charge on any atom is 0.308 e. The minimum absolute atomic E-state index is 0.0576. The molecule has 1 fully saturated rings. The van der Waals surface area contributed by atoms with E-state index in [0.29, 0.717) is 36.6 Å². The Morgan fingerprint density at radius 1 is 1.02 bits per heavy atom. The first-order chi connectivity index (χ1) is 19.9. The normalized spacial score (nSPS) is 19.8. The molecule has 41 heavy (non-hydrogen) atoms. The standard InChI is InChI=1S/C32H44N2O7/c1-5-7-15-33(16-8-6-2)29(35)20-34-19-24(23-17-27(39-4)31-28(18-23)40-21-41-31)30(32(36)37)25(34)14-13-22-11-9-10-12-26(22)38-3/h9-12,17-18,24-25,30H,5-8,13-16,19-21H2,1-4H3,(H,36,37)/t24-,25-,30+/m1/s1. The van der Waals surface area contributed by atoms with Gasteiger partial charge in [0.05, 0.1) is 26.7 Å². The van der Waals surface area contributed by atoms with Crippen molar-refractivity contribution in [2.45, 2.75) is 64.3 Å². The summed E-state index contributed by atoms with van der Waals surface area (Å²) < 4.78 is 22.4. The predicted molar refractivity (Wildman–Crippen MR) is 156 cm³/mol. The highest BCUT2D eigenvalue weighted by atomic mass is 16.7. The first kappa shape index (κ1) is 30.5. The summed E-state index contributed by atoms with van der Waals surface area (Å²) in [4.78, 5) is 30.6. The molecule has 2 aliphatic rings. The third kappa shape index (κ3) is 7.07. The highest BCUT2D eigenvalue weighted by molar-refractivity contribution is 5.79. The van der Waals surface area contributed by atoms with E-state index in [-0.39, 0.29) is 31.2 Å². The Morgan fingerprint density at radius 3 is 2.39 bits per heavy atom. The summed E-state index contributed by atoms with van der Waals surface area (Å²) in [6, 6.07) is 11.2. The van der Waals surface area contributed by atoms with Crippen LogP contribution in [0.3, 0.4) is 0 Å². The largest absolute Gasteiger partial charge is 0.496 e. The van der Waals surface area contributed by atoms with E-state index in [0.717, 1.165) is 55.6 Å². The summed E-state index contributed by atoms with van der Waals surface area (Å²) in [5, 5.41) is 10.6. The molecule has 9 heteroatoms. The second-order valence-corrected chi connectivity index (χ2v) is 10.9. The van der Waals surface area contributed by atoms with Gasteiger partial charge < -0.3 is 29.0 Å². The van der Waals surface area contributed by atoms with Gasteiger partial charge in [0, 0.05) is 31.6 Å². The first-order valence-corrected chi connectivity index (χ1v) is 14.8. The van der Waals surface area contributed by atoms with Gasteiger partial charge in [-0.05, 0) is 55.0 Å². The number of carboxylic acids is 1. The summed E-state index contributed by atoms with van der Waals surface area (Å²) in [6.45, 7) is 6.41. The van der Waals surface area contributed by atoms with Gasteiger partial charge in [0.2, 0.25) is 18.4 Å². The molecule has 0 aromatic heterocycles. The summed E-state index contributed by atoms with van der Waals surface area (Å²) in [6.07, 6.45) is 5.13. The minimum Gasteiger partial charge on any atom is -0.496 e. The molecule has 0 radical (unpaired) electrons. The molecule has 1 N–H and O–H groups in total. The number of rotatable bonds is 15. The monoisotopic (exact) mass is 568 g/mol. The molecule has 2 heterocycles. The number of carbonyl (C=O) groups excluding carboxylic acids is 1. The quantitative estimate of drug-likeness (QED) is 0.322. The maximum atomic E-state index is 13.7. The smallest absolute Gasteiger partial charge is 0.308 e. The molecule has 9 nitrogen and oxygen atoms in total. The molecular weight excluding hydrogens is 524 g/mol. The Hall–Kier alpha value is -3.46. The number of carbonyl (C=O) groups is 2. The summed E-state index contributed by atoms with van der Waals surface area (Å²) in [5.41, 5.74) is 1.83. The van der Waals surface area contributed by atoms with Gasteiger partial charge in [-0.1, -0.05) is 44.9 Å². The number of para-hydroxylation sites is 1. The number of likely N-dealkylation sites (tertiary alicyclic amines) is 1. The number of carboxylic acid groups (broad SMARTS) is 1. The fourth-order valence-electron chi connectivity index (χ4n) is 6.10. The number of unbranched alkanes of at least 4 members (excludes halogenated alkanes) is 2. The lowest BCUT2D eigenvalue weighted by Crippen LogP contribution is -2.44. The van der Waals surface area contributed by atoms with E-state index in [2.05, 4.69) is 18.7 Å². The molecule has 0 aliphatic carbocycles. The van der Waals surface area contributed by atoms with Gasteiger partial charge in [-0.2, -0.15) is 0 Å². The van der Waals surface area contributed by atoms with Crippen molar-refractivity contribution >= 4 is 11.9 Å². The number of hydrogen-bond acceptors (Lipinski definition) is 7. The summed E-state index contributed by atoms with van der Waals surface area (Å²) >= 11 is 0. The van der Waals surface area contributed by atoms with Gasteiger partial charge in [0.25, 0.3) is 0 Å². The molecule has 1 saturated heterocycles. The number of benzene rings is 2. The third-order valence-electron chi connectivity index (χ3n) is 8.30. The number of ether oxygens (including phenoxy) is 4. The lowest BCUT2D eigenvalue weighted by molar-refractivity contribution is -0.143. The molecular formula is C32H44N2O7. The predicted octanol–water partition coefficient (Wildman–Crippen LogP) is 4.96. The molecule has 0 spiro atoms. The van der Waals surface area contributed by atoms with Crippen molar-refractivity contribution in [3.05, 3.63) is 47.5 Å². The van der Waals surface area contributed by atoms with E-state index >= 15 is 0 Å². The second-order valence-electron chi connectivity index (χ2n) is 10.9. The Balaban J connectivity index is 1.66. The number of fused-ring (bicyclic) bond motifs is 1. The van der Waals surface area contributed by atoms with Crippen LogP contribution in [0.15, 0.2) is 36.4 Å². The van der Waals surface area contributed by atoms with Crippen molar-refractivity contribution in [1.29, 1.82) is 0 Å². The van der Waals surface area contributed by atoms with Crippen LogP contribution in [0, 0.1) is 5.92 Å². The second kappa shape index (κ2) is 14.4. The Kier molecular flexibility index (Phi) is 10.7. The maximum absolute atomic E-state index is 13.7. The topological polar surface area (TPSA) is 97.8 Å². The van der Waals surface area contributed by atoms with Gasteiger partial charge in [0.1, 0.15) is 5.75 Å². The van der Waals surface area contributed by atoms with Crippen LogP contribution >= 0.6 is 0 Å². The van der Waals surface area contributed by atoms with Gasteiger partial charge in [-0.15, -0.1) is 0 Å². The van der Waals surface area contributed by atoms with E-state index in [4.69, 9.17) is 18.9 Å². The first-order valence-electron chi connectivity index (χ1n) is 14.8. The van der Waals surface area contributed by atoms with Crippen molar-refractivity contribution in [2.24, 2.45) is 5.92 Å². The summed E-state index contributed by atoms with van der Waals surface area (Å²) in [5.74, 6) is 0.486. The van der Waals surface area contributed by atoms with Crippen LogP contribution in [0.4, 0.5) is 0 Å². The molecule has 2 aromatic rings. The number of methoxy groups -OCH3 is 2. The molecule has 0 unspecified atom stereocenters. The van der Waals surface area contributed by atoms with E-state index in [1.807, 2.05) is 41.3 Å². The van der Waals surface area contributed by atoms with Crippen molar-refractivity contribution in [2.75, 3.05) is 47.2 Å². The lowest BCUT2D eigenvalue weighted by Gasteiger charge is -2.30. The molecule has 2 aliphatic heterocycles.